The van der Waals surface area contributed by atoms with E-state index in [2.05, 4.69) is 130 Å². The van der Waals surface area contributed by atoms with E-state index < -0.39 is 0 Å². The number of para-hydroxylation sites is 2. The van der Waals surface area contributed by atoms with Crippen molar-refractivity contribution in [2.75, 3.05) is 0 Å². The maximum absolute atomic E-state index is 6.27. The van der Waals surface area contributed by atoms with Gasteiger partial charge in [-0.3, -0.25) is 0 Å². The minimum absolute atomic E-state index is 0.924. The van der Waals surface area contributed by atoms with Gasteiger partial charge in [0.25, 0.3) is 0 Å². The Labute approximate surface area is 245 Å². The van der Waals surface area contributed by atoms with Crippen LogP contribution in [-0.2, 0) is 0 Å². The largest absolute Gasteiger partial charge is 0.456 e. The molecule has 10 aromatic rings. The molecular formula is C40H22N2O. The Morgan fingerprint density at radius 1 is 0.372 bits per heavy atom. The van der Waals surface area contributed by atoms with E-state index in [1.807, 2.05) is 12.1 Å². The third kappa shape index (κ3) is 2.62. The molecule has 0 spiro atoms. The van der Waals surface area contributed by atoms with Crippen LogP contribution in [0.2, 0.25) is 0 Å². The summed E-state index contributed by atoms with van der Waals surface area (Å²) in [5.74, 6) is 0. The van der Waals surface area contributed by atoms with E-state index in [1.54, 1.807) is 0 Å². The molecule has 0 atom stereocenters. The molecule has 1 aliphatic rings. The molecule has 0 bridgehead atoms. The predicted molar refractivity (Wildman–Crippen MR) is 179 cm³/mol. The number of hydrogen-bond acceptors (Lipinski definition) is 1. The Morgan fingerprint density at radius 2 is 1.05 bits per heavy atom. The fraction of sp³-hybridized carbons (Fsp3) is 0. The van der Waals surface area contributed by atoms with E-state index in [1.165, 1.54) is 71.2 Å². The first-order valence-corrected chi connectivity index (χ1v) is 14.8. The minimum Gasteiger partial charge on any atom is -0.456 e. The maximum Gasteiger partial charge on any atom is 0.136 e. The first kappa shape index (κ1) is 21.9. The highest BCUT2D eigenvalue weighted by molar-refractivity contribution is 6.33. The van der Waals surface area contributed by atoms with E-state index in [0.717, 1.165) is 27.6 Å². The van der Waals surface area contributed by atoms with E-state index in [9.17, 15) is 0 Å². The van der Waals surface area contributed by atoms with Gasteiger partial charge < -0.3 is 13.6 Å². The van der Waals surface area contributed by atoms with Gasteiger partial charge in [-0.15, -0.1) is 0 Å². The molecule has 43 heavy (non-hydrogen) atoms. The van der Waals surface area contributed by atoms with Crippen LogP contribution in [0.25, 0.3) is 98.8 Å². The molecular weight excluding hydrogens is 524 g/mol. The van der Waals surface area contributed by atoms with E-state index in [4.69, 9.17) is 4.42 Å². The van der Waals surface area contributed by atoms with Gasteiger partial charge in [0.15, 0.2) is 0 Å². The second-order valence-corrected chi connectivity index (χ2v) is 11.7. The predicted octanol–water partition coefficient (Wildman–Crippen LogP) is 10.9. The van der Waals surface area contributed by atoms with Crippen molar-refractivity contribution >= 4 is 76.3 Å². The summed E-state index contributed by atoms with van der Waals surface area (Å²) in [4.78, 5) is 0. The molecule has 7 aromatic carbocycles. The van der Waals surface area contributed by atoms with Crippen LogP contribution in [0.1, 0.15) is 0 Å². The third-order valence-electron chi connectivity index (χ3n) is 9.63. The van der Waals surface area contributed by atoms with Crippen molar-refractivity contribution in [3.8, 4) is 22.5 Å². The van der Waals surface area contributed by atoms with Crippen LogP contribution in [0, 0.1) is 0 Å². The van der Waals surface area contributed by atoms with Gasteiger partial charge in [0, 0.05) is 43.7 Å². The normalized spacial score (nSPS) is 12.7. The molecule has 11 rings (SSSR count). The molecule has 0 aliphatic heterocycles. The van der Waals surface area contributed by atoms with Gasteiger partial charge in [-0.05, 0) is 82.6 Å². The summed E-state index contributed by atoms with van der Waals surface area (Å²) in [6.07, 6.45) is 0. The Hall–Kier alpha value is -5.80. The SMILES string of the molecule is c1cc2c3c(c1)ccc1c3c3c-2cccc3n1-c1ccc(-n2c3ccccc3c3cc4oc5ccccc5c4cc32)cc1. The second-order valence-electron chi connectivity index (χ2n) is 11.7. The number of fused-ring (bicyclic) bond motifs is 7. The second kappa shape index (κ2) is 7.53. The van der Waals surface area contributed by atoms with Gasteiger partial charge >= 0.3 is 0 Å². The number of furan rings is 1. The van der Waals surface area contributed by atoms with Crippen molar-refractivity contribution in [1.82, 2.24) is 9.13 Å². The zero-order valence-electron chi connectivity index (χ0n) is 23.0. The van der Waals surface area contributed by atoms with Crippen molar-refractivity contribution in [3.63, 3.8) is 0 Å². The lowest BCUT2D eigenvalue weighted by Gasteiger charge is -2.13. The topological polar surface area (TPSA) is 23.0 Å². The Morgan fingerprint density at radius 3 is 1.91 bits per heavy atom. The van der Waals surface area contributed by atoms with E-state index in [0.29, 0.717) is 0 Å². The van der Waals surface area contributed by atoms with Crippen LogP contribution in [0.4, 0.5) is 0 Å². The van der Waals surface area contributed by atoms with Crippen LogP contribution in [-0.4, -0.2) is 9.13 Å². The van der Waals surface area contributed by atoms with Gasteiger partial charge in [0.1, 0.15) is 11.2 Å². The molecule has 198 valence electrons. The highest BCUT2D eigenvalue weighted by Crippen LogP contribution is 2.49. The molecule has 3 nitrogen and oxygen atoms in total. The monoisotopic (exact) mass is 546 g/mol. The van der Waals surface area contributed by atoms with E-state index >= 15 is 0 Å². The lowest BCUT2D eigenvalue weighted by molar-refractivity contribution is 0.669. The zero-order chi connectivity index (χ0) is 27.8. The average molecular weight is 547 g/mol. The van der Waals surface area contributed by atoms with Gasteiger partial charge in [-0.2, -0.15) is 0 Å². The first-order valence-electron chi connectivity index (χ1n) is 14.8. The molecule has 0 N–H and O–H groups in total. The molecule has 0 saturated heterocycles. The van der Waals surface area contributed by atoms with Crippen LogP contribution in [0.3, 0.4) is 0 Å². The van der Waals surface area contributed by atoms with E-state index in [-0.39, 0.29) is 0 Å². The Kier molecular flexibility index (Phi) is 3.83. The molecule has 0 saturated carbocycles. The first-order chi connectivity index (χ1) is 21.3. The highest BCUT2D eigenvalue weighted by atomic mass is 16.3. The maximum atomic E-state index is 6.27. The highest BCUT2D eigenvalue weighted by Gasteiger charge is 2.25. The average Bonchev–Trinajstić information content (AvgIpc) is 3.79. The smallest absolute Gasteiger partial charge is 0.136 e. The Bertz CT molecular complexity index is 2820. The zero-order valence-corrected chi connectivity index (χ0v) is 23.0. The summed E-state index contributed by atoms with van der Waals surface area (Å²) in [7, 11) is 0. The number of benzene rings is 7. The Balaban J connectivity index is 1.16. The van der Waals surface area contributed by atoms with Crippen molar-refractivity contribution in [2.24, 2.45) is 0 Å². The molecule has 3 heteroatoms. The summed E-state index contributed by atoms with van der Waals surface area (Å²) in [6.45, 7) is 0. The van der Waals surface area contributed by atoms with Crippen LogP contribution in [0.5, 0.6) is 0 Å². The quantitative estimate of drug-likeness (QED) is 0.211. The lowest BCUT2D eigenvalue weighted by atomic mass is 10.0. The number of nitrogens with zero attached hydrogens (tertiary/aromatic N) is 2. The number of aromatic nitrogens is 2. The summed E-state index contributed by atoms with van der Waals surface area (Å²) >= 11 is 0. The molecule has 0 amide bonds. The van der Waals surface area contributed by atoms with Crippen LogP contribution in [0.15, 0.2) is 138 Å². The minimum atomic E-state index is 0.924. The molecule has 0 unspecified atom stereocenters. The van der Waals surface area contributed by atoms with Gasteiger partial charge in [0.2, 0.25) is 0 Å². The van der Waals surface area contributed by atoms with Crippen molar-refractivity contribution in [2.45, 2.75) is 0 Å². The standard InChI is InChI=1S/C40H22N2O/c1-3-12-32-26(8-1)30-22-37-31(27-9-2-4-14-36(27)43-37)21-35(30)41(32)24-16-18-25(19-17-24)42-33-13-6-11-29-28-10-5-7-23-15-20-34(42)40(38(23)28)39(29)33/h1-22H. The fourth-order valence-electron chi connectivity index (χ4n) is 7.87. The van der Waals surface area contributed by atoms with Gasteiger partial charge in [-0.1, -0.05) is 72.8 Å². The summed E-state index contributed by atoms with van der Waals surface area (Å²) in [5.41, 5.74) is 11.8. The van der Waals surface area contributed by atoms with Gasteiger partial charge in [0.05, 0.1) is 22.1 Å². The molecule has 1 aliphatic carbocycles. The summed E-state index contributed by atoms with van der Waals surface area (Å²) < 4.78 is 11.1. The lowest BCUT2D eigenvalue weighted by Crippen LogP contribution is -1.97. The molecule has 0 radical (unpaired) electrons. The molecule has 3 aromatic heterocycles. The van der Waals surface area contributed by atoms with Crippen LogP contribution >= 0.6 is 0 Å². The van der Waals surface area contributed by atoms with Crippen molar-refractivity contribution in [1.29, 1.82) is 0 Å². The van der Waals surface area contributed by atoms with Crippen molar-refractivity contribution < 1.29 is 4.42 Å². The molecule has 3 heterocycles. The third-order valence-corrected chi connectivity index (χ3v) is 9.63. The van der Waals surface area contributed by atoms with Crippen molar-refractivity contribution in [3.05, 3.63) is 133 Å². The summed E-state index contributed by atoms with van der Waals surface area (Å²) in [5, 5.41) is 10.1. The molecule has 0 fully saturated rings. The van der Waals surface area contributed by atoms with Gasteiger partial charge in [-0.25, -0.2) is 0 Å². The summed E-state index contributed by atoms with van der Waals surface area (Å²) in [6, 6.07) is 48.5. The number of hydrogen-bond donors (Lipinski definition) is 0. The fourth-order valence-corrected chi connectivity index (χ4v) is 7.87. The number of rotatable bonds is 2. The van der Waals surface area contributed by atoms with Crippen LogP contribution < -0.4 is 0 Å².